The summed E-state index contributed by atoms with van der Waals surface area (Å²) in [6.07, 6.45) is 4.22. The molecule has 0 saturated heterocycles. The number of ether oxygens (including phenoxy) is 1. The van der Waals surface area contributed by atoms with Gasteiger partial charge in [-0.3, -0.25) is 9.59 Å². The van der Waals surface area contributed by atoms with Gasteiger partial charge in [0.1, 0.15) is 11.5 Å². The number of nitrogens with zero attached hydrogens (tertiary/aromatic N) is 5. The molecule has 2 aromatic carbocycles. The minimum Gasteiger partial charge on any atom is -0.392 e. The minimum absolute atomic E-state index is 0.0897. The van der Waals surface area contributed by atoms with Gasteiger partial charge in [-0.25, -0.2) is 4.98 Å². The van der Waals surface area contributed by atoms with E-state index in [0.29, 0.717) is 54.5 Å². The first-order valence-electron chi connectivity index (χ1n) is 14.1. The topological polar surface area (TPSA) is 91.1 Å². The summed E-state index contributed by atoms with van der Waals surface area (Å²) in [6, 6.07) is 17.2. The van der Waals surface area contributed by atoms with E-state index in [1.807, 2.05) is 74.4 Å². The van der Waals surface area contributed by atoms with Gasteiger partial charge in [-0.15, -0.1) is 0 Å². The van der Waals surface area contributed by atoms with Gasteiger partial charge in [-0.1, -0.05) is 18.2 Å². The van der Waals surface area contributed by atoms with Crippen molar-refractivity contribution in [3.05, 3.63) is 99.6 Å². The van der Waals surface area contributed by atoms with E-state index in [4.69, 9.17) is 4.74 Å². The van der Waals surface area contributed by atoms with Crippen molar-refractivity contribution in [2.45, 2.75) is 26.6 Å². The second-order valence-electron chi connectivity index (χ2n) is 10.7. The lowest BCUT2D eigenvalue weighted by Gasteiger charge is -2.31. The van der Waals surface area contributed by atoms with Crippen LogP contribution in [0.1, 0.15) is 34.0 Å². The molecule has 9 heteroatoms. The summed E-state index contributed by atoms with van der Waals surface area (Å²) < 4.78 is 6.99. The zero-order valence-corrected chi connectivity index (χ0v) is 24.8. The lowest BCUT2D eigenvalue weighted by molar-refractivity contribution is 0.0980. The predicted molar refractivity (Wildman–Crippen MR) is 167 cm³/mol. The van der Waals surface area contributed by atoms with Crippen molar-refractivity contribution >= 4 is 28.8 Å². The van der Waals surface area contributed by atoms with E-state index in [2.05, 4.69) is 11.1 Å². The molecule has 0 spiro atoms. The van der Waals surface area contributed by atoms with Crippen molar-refractivity contribution < 1.29 is 14.6 Å². The van der Waals surface area contributed by atoms with Crippen LogP contribution in [0.15, 0.2) is 71.8 Å². The second-order valence-corrected chi connectivity index (χ2v) is 10.7. The first-order valence-corrected chi connectivity index (χ1v) is 14.1. The first kappa shape index (κ1) is 29.0. The van der Waals surface area contributed by atoms with Gasteiger partial charge in [0.2, 0.25) is 0 Å². The third-order valence-corrected chi connectivity index (χ3v) is 7.75. The standard InChI is InChI=1S/C33H37N5O4/c1-6-42-21-22-10-13-31(34-18-22)37(5)30-17-24(19-36(4)33(30)41)26-8-7-9-29(28(26)20-39)38-15-14-23-16-25(35(2)3)11-12-27(23)32(38)40/h7-13,16-19,39H,6,14-15,20-21H2,1-5H3. The Bertz CT molecular complexity index is 1660. The van der Waals surface area contributed by atoms with Crippen molar-refractivity contribution in [1.82, 2.24) is 9.55 Å². The molecule has 5 rings (SSSR count). The molecule has 1 N–H and O–H groups in total. The zero-order valence-electron chi connectivity index (χ0n) is 24.8. The molecule has 9 nitrogen and oxygen atoms in total. The van der Waals surface area contributed by atoms with E-state index >= 15 is 0 Å². The summed E-state index contributed by atoms with van der Waals surface area (Å²) in [7, 11) is 7.48. The molecular formula is C33H37N5O4. The number of aliphatic hydroxyl groups is 1. The van der Waals surface area contributed by atoms with Gasteiger partial charge in [0.05, 0.1) is 18.9 Å². The molecule has 42 heavy (non-hydrogen) atoms. The SMILES string of the molecule is CCOCc1ccc(N(C)c2cc(-c3cccc(N4CCc5cc(N(C)C)ccc5C4=O)c3CO)cn(C)c2=O)nc1. The molecule has 0 fully saturated rings. The van der Waals surface area contributed by atoms with Crippen molar-refractivity contribution in [3.63, 3.8) is 0 Å². The van der Waals surface area contributed by atoms with Gasteiger partial charge in [-0.05, 0) is 66.4 Å². The molecule has 0 unspecified atom stereocenters. The van der Waals surface area contributed by atoms with Crippen LogP contribution < -0.4 is 20.3 Å². The number of pyridine rings is 2. The fourth-order valence-electron chi connectivity index (χ4n) is 5.37. The maximum absolute atomic E-state index is 13.7. The monoisotopic (exact) mass is 567 g/mol. The van der Waals surface area contributed by atoms with Crippen molar-refractivity contribution in [1.29, 1.82) is 0 Å². The number of amides is 1. The maximum Gasteiger partial charge on any atom is 0.274 e. The summed E-state index contributed by atoms with van der Waals surface area (Å²) in [4.78, 5) is 37.0. The highest BCUT2D eigenvalue weighted by Gasteiger charge is 2.28. The highest BCUT2D eigenvalue weighted by Crippen LogP contribution is 2.36. The molecule has 0 aliphatic carbocycles. The summed E-state index contributed by atoms with van der Waals surface area (Å²) in [6.45, 7) is 3.29. The average molecular weight is 568 g/mol. The molecule has 3 heterocycles. The molecule has 218 valence electrons. The number of carbonyl (C=O) groups is 1. The van der Waals surface area contributed by atoms with Crippen LogP contribution in [0, 0.1) is 0 Å². The number of aromatic nitrogens is 2. The molecular weight excluding hydrogens is 530 g/mol. The van der Waals surface area contributed by atoms with Crippen LogP contribution in [0.4, 0.5) is 22.9 Å². The lowest BCUT2D eigenvalue weighted by atomic mass is 9.94. The Kier molecular flexibility index (Phi) is 8.42. The van der Waals surface area contributed by atoms with Gasteiger partial charge >= 0.3 is 0 Å². The van der Waals surface area contributed by atoms with Crippen LogP contribution in [0.2, 0.25) is 0 Å². The molecule has 1 aliphatic rings. The number of anilines is 4. The molecule has 0 saturated carbocycles. The Morgan fingerprint density at radius 3 is 2.52 bits per heavy atom. The van der Waals surface area contributed by atoms with Gasteiger partial charge in [0.15, 0.2) is 0 Å². The average Bonchev–Trinajstić information content (AvgIpc) is 3.00. The predicted octanol–water partition coefficient (Wildman–Crippen LogP) is 4.51. The van der Waals surface area contributed by atoms with Gasteiger partial charge in [0.25, 0.3) is 11.5 Å². The number of aliphatic hydroxyl groups excluding tert-OH is 1. The van der Waals surface area contributed by atoms with Crippen LogP contribution in [0.25, 0.3) is 11.1 Å². The quantitative estimate of drug-likeness (QED) is 0.318. The normalized spacial score (nSPS) is 12.8. The summed E-state index contributed by atoms with van der Waals surface area (Å²) in [5.74, 6) is 0.531. The smallest absolute Gasteiger partial charge is 0.274 e. The number of aryl methyl sites for hydroxylation is 1. The van der Waals surface area contributed by atoms with E-state index in [1.54, 1.807) is 36.3 Å². The van der Waals surface area contributed by atoms with E-state index in [1.165, 1.54) is 4.57 Å². The van der Waals surface area contributed by atoms with Crippen molar-refractivity contribution in [3.8, 4) is 11.1 Å². The highest BCUT2D eigenvalue weighted by atomic mass is 16.5. The molecule has 0 bridgehead atoms. The molecule has 0 radical (unpaired) electrons. The van der Waals surface area contributed by atoms with Gasteiger partial charge in [-0.2, -0.15) is 0 Å². The fraction of sp³-hybridized carbons (Fsp3) is 0.303. The highest BCUT2D eigenvalue weighted by molar-refractivity contribution is 6.09. The summed E-state index contributed by atoms with van der Waals surface area (Å²) >= 11 is 0. The Morgan fingerprint density at radius 2 is 1.83 bits per heavy atom. The first-order chi connectivity index (χ1) is 20.2. The number of carbonyl (C=O) groups excluding carboxylic acids is 1. The van der Waals surface area contributed by atoms with Crippen LogP contribution in [-0.2, 0) is 31.4 Å². The second kappa shape index (κ2) is 12.2. The van der Waals surface area contributed by atoms with E-state index in [-0.39, 0.29) is 18.1 Å². The summed E-state index contributed by atoms with van der Waals surface area (Å²) in [5, 5.41) is 10.6. The maximum atomic E-state index is 13.7. The van der Waals surface area contributed by atoms with Crippen LogP contribution in [-0.4, -0.2) is 54.9 Å². The van der Waals surface area contributed by atoms with E-state index < -0.39 is 0 Å². The largest absolute Gasteiger partial charge is 0.392 e. The summed E-state index contributed by atoms with van der Waals surface area (Å²) in [5.41, 5.74) is 6.76. The van der Waals surface area contributed by atoms with Gasteiger partial charge in [0, 0.05) is 76.1 Å². The molecule has 0 atom stereocenters. The number of hydrogen-bond acceptors (Lipinski definition) is 7. The van der Waals surface area contributed by atoms with Crippen molar-refractivity contribution in [2.75, 3.05) is 49.0 Å². The Morgan fingerprint density at radius 1 is 1.02 bits per heavy atom. The number of benzene rings is 2. The molecule has 2 aromatic heterocycles. The number of hydrogen-bond donors (Lipinski definition) is 1. The Hall–Kier alpha value is -4.47. The van der Waals surface area contributed by atoms with Crippen LogP contribution in [0.3, 0.4) is 0 Å². The minimum atomic E-state index is -0.265. The molecule has 1 aliphatic heterocycles. The Balaban J connectivity index is 1.51. The number of rotatable bonds is 9. The Labute approximate surface area is 246 Å². The third kappa shape index (κ3) is 5.53. The fourth-order valence-corrected chi connectivity index (χ4v) is 5.37. The third-order valence-electron chi connectivity index (χ3n) is 7.75. The number of fused-ring (bicyclic) bond motifs is 1. The molecule has 1 amide bonds. The van der Waals surface area contributed by atoms with Gasteiger partial charge < -0.3 is 29.1 Å². The van der Waals surface area contributed by atoms with E-state index in [0.717, 1.165) is 27.9 Å². The zero-order chi connectivity index (χ0) is 30.0. The molecule has 4 aromatic rings. The van der Waals surface area contributed by atoms with Crippen molar-refractivity contribution in [2.24, 2.45) is 7.05 Å². The van der Waals surface area contributed by atoms with E-state index in [9.17, 15) is 14.7 Å². The van der Waals surface area contributed by atoms with Crippen LogP contribution in [0.5, 0.6) is 0 Å². The lowest BCUT2D eigenvalue weighted by Crippen LogP contribution is -2.38. The van der Waals surface area contributed by atoms with Crippen LogP contribution >= 0.6 is 0 Å².